The Labute approximate surface area is 112 Å². The number of fused-ring (bicyclic) bond motifs is 1. The number of rotatable bonds is 3. The number of hydrogen-bond acceptors (Lipinski definition) is 4. The van der Waals surface area contributed by atoms with E-state index in [0.29, 0.717) is 6.54 Å². The number of nitrogens with zero attached hydrogens (tertiary/aromatic N) is 1. The van der Waals surface area contributed by atoms with Crippen molar-refractivity contribution in [1.29, 1.82) is 0 Å². The largest absolute Gasteiger partial charge is 0.345 e. The van der Waals surface area contributed by atoms with Gasteiger partial charge in [0, 0.05) is 0 Å². The molecule has 0 spiro atoms. The standard InChI is InChI=1S/C13H10N2OS2/c16-13(11-6-3-7-17-11)14-8-12-15-9-4-1-2-5-10(9)18-12/h1-7H,8H2,(H,14,16). The summed E-state index contributed by atoms with van der Waals surface area (Å²) < 4.78 is 1.15. The van der Waals surface area contributed by atoms with Crippen LogP contribution in [0.2, 0.25) is 0 Å². The number of carbonyl (C=O) groups excluding carboxylic acids is 1. The van der Waals surface area contributed by atoms with Gasteiger partial charge >= 0.3 is 0 Å². The second-order valence-corrected chi connectivity index (χ2v) is 5.80. The topological polar surface area (TPSA) is 42.0 Å². The number of para-hydroxylation sites is 1. The van der Waals surface area contributed by atoms with Crippen LogP contribution in [0.25, 0.3) is 10.2 Å². The van der Waals surface area contributed by atoms with Gasteiger partial charge in [0.15, 0.2) is 0 Å². The van der Waals surface area contributed by atoms with Crippen LogP contribution in [0.4, 0.5) is 0 Å². The molecule has 0 unspecified atom stereocenters. The molecule has 18 heavy (non-hydrogen) atoms. The number of benzene rings is 1. The van der Waals surface area contributed by atoms with Crippen molar-refractivity contribution in [2.75, 3.05) is 0 Å². The van der Waals surface area contributed by atoms with Crippen LogP contribution in [-0.4, -0.2) is 10.9 Å². The molecule has 90 valence electrons. The second-order valence-electron chi connectivity index (χ2n) is 3.74. The van der Waals surface area contributed by atoms with Gasteiger partial charge in [-0.1, -0.05) is 18.2 Å². The minimum Gasteiger partial charge on any atom is -0.345 e. The molecular weight excluding hydrogens is 264 g/mol. The molecule has 3 aromatic rings. The van der Waals surface area contributed by atoms with Gasteiger partial charge in [0.05, 0.1) is 21.6 Å². The molecular formula is C13H10N2OS2. The van der Waals surface area contributed by atoms with Gasteiger partial charge in [0.2, 0.25) is 0 Å². The molecule has 2 aromatic heterocycles. The first kappa shape index (κ1) is 11.4. The lowest BCUT2D eigenvalue weighted by molar-refractivity contribution is 0.0955. The van der Waals surface area contributed by atoms with Crippen LogP contribution in [0.1, 0.15) is 14.7 Å². The first-order valence-corrected chi connectivity index (χ1v) is 7.19. The van der Waals surface area contributed by atoms with Crippen LogP contribution in [0.3, 0.4) is 0 Å². The zero-order chi connectivity index (χ0) is 12.4. The summed E-state index contributed by atoms with van der Waals surface area (Å²) in [6.45, 7) is 0.482. The highest BCUT2D eigenvalue weighted by Gasteiger charge is 2.08. The Bertz CT molecular complexity index is 640. The maximum Gasteiger partial charge on any atom is 0.261 e. The molecule has 1 aromatic carbocycles. The Morgan fingerprint density at radius 1 is 1.22 bits per heavy atom. The van der Waals surface area contributed by atoms with E-state index >= 15 is 0 Å². The van der Waals surface area contributed by atoms with Gasteiger partial charge in [-0.05, 0) is 23.6 Å². The molecule has 0 aliphatic carbocycles. The predicted octanol–water partition coefficient (Wildman–Crippen LogP) is 3.29. The molecule has 0 aliphatic rings. The van der Waals surface area contributed by atoms with Crippen LogP contribution in [0, 0.1) is 0 Å². The molecule has 1 amide bonds. The minimum atomic E-state index is -0.0377. The van der Waals surface area contributed by atoms with Gasteiger partial charge in [-0.2, -0.15) is 0 Å². The lowest BCUT2D eigenvalue weighted by atomic mass is 10.3. The normalized spacial score (nSPS) is 10.7. The summed E-state index contributed by atoms with van der Waals surface area (Å²) >= 11 is 3.06. The highest BCUT2D eigenvalue weighted by Crippen LogP contribution is 2.21. The summed E-state index contributed by atoms with van der Waals surface area (Å²) in [5, 5.41) is 5.71. The summed E-state index contributed by atoms with van der Waals surface area (Å²) in [4.78, 5) is 17.0. The molecule has 0 fully saturated rings. The molecule has 0 saturated heterocycles. The van der Waals surface area contributed by atoms with E-state index in [1.54, 1.807) is 11.3 Å². The van der Waals surface area contributed by atoms with Crippen LogP contribution in [0.15, 0.2) is 41.8 Å². The monoisotopic (exact) mass is 274 g/mol. The SMILES string of the molecule is O=C(NCc1nc2ccccc2s1)c1cccs1. The summed E-state index contributed by atoms with van der Waals surface area (Å²) in [6, 6.07) is 11.7. The maximum absolute atomic E-state index is 11.8. The fourth-order valence-corrected chi connectivity index (χ4v) is 3.19. The Kier molecular flexibility index (Phi) is 3.08. The van der Waals surface area contributed by atoms with Crippen LogP contribution in [0.5, 0.6) is 0 Å². The Balaban J connectivity index is 1.71. The summed E-state index contributed by atoms with van der Waals surface area (Å²) in [5.74, 6) is -0.0377. The number of nitrogens with one attached hydrogen (secondary N) is 1. The van der Waals surface area contributed by atoms with Gasteiger partial charge in [0.1, 0.15) is 5.01 Å². The molecule has 0 atom stereocenters. The van der Waals surface area contributed by atoms with Crippen molar-refractivity contribution in [3.63, 3.8) is 0 Å². The maximum atomic E-state index is 11.8. The summed E-state index contributed by atoms with van der Waals surface area (Å²) in [6.07, 6.45) is 0. The number of aromatic nitrogens is 1. The van der Waals surface area contributed by atoms with E-state index in [0.717, 1.165) is 20.1 Å². The van der Waals surface area contributed by atoms with E-state index in [4.69, 9.17) is 0 Å². The first-order valence-electron chi connectivity index (χ1n) is 5.49. The smallest absolute Gasteiger partial charge is 0.261 e. The van der Waals surface area contributed by atoms with Crippen molar-refractivity contribution in [3.8, 4) is 0 Å². The van der Waals surface area contributed by atoms with E-state index < -0.39 is 0 Å². The quantitative estimate of drug-likeness (QED) is 0.796. The van der Waals surface area contributed by atoms with E-state index in [-0.39, 0.29) is 5.91 Å². The van der Waals surface area contributed by atoms with Gasteiger partial charge < -0.3 is 5.32 Å². The summed E-state index contributed by atoms with van der Waals surface area (Å²) in [5.41, 5.74) is 0.989. The van der Waals surface area contributed by atoms with E-state index in [1.165, 1.54) is 11.3 Å². The van der Waals surface area contributed by atoms with Crippen LogP contribution >= 0.6 is 22.7 Å². The predicted molar refractivity (Wildman–Crippen MR) is 75.1 cm³/mol. The van der Waals surface area contributed by atoms with E-state index in [1.807, 2.05) is 41.8 Å². The van der Waals surface area contributed by atoms with Gasteiger partial charge in [-0.15, -0.1) is 22.7 Å². The molecule has 0 aliphatic heterocycles. The van der Waals surface area contributed by atoms with Crippen molar-refractivity contribution in [3.05, 3.63) is 51.7 Å². The second kappa shape index (κ2) is 4.88. The lowest BCUT2D eigenvalue weighted by Crippen LogP contribution is -2.21. The average molecular weight is 274 g/mol. The Morgan fingerprint density at radius 3 is 2.89 bits per heavy atom. The number of hydrogen-bond donors (Lipinski definition) is 1. The number of thiazole rings is 1. The zero-order valence-corrected chi connectivity index (χ0v) is 11.1. The average Bonchev–Trinajstić information content (AvgIpc) is 3.04. The van der Waals surface area contributed by atoms with Crippen LogP contribution in [-0.2, 0) is 6.54 Å². The van der Waals surface area contributed by atoms with E-state index in [9.17, 15) is 4.79 Å². The molecule has 3 nitrogen and oxygen atoms in total. The fourth-order valence-electron chi connectivity index (χ4n) is 1.65. The Morgan fingerprint density at radius 2 is 2.11 bits per heavy atom. The number of carbonyl (C=O) groups is 1. The molecule has 3 rings (SSSR count). The number of thiophene rings is 1. The van der Waals surface area contributed by atoms with Gasteiger partial charge in [0.25, 0.3) is 5.91 Å². The third-order valence-corrected chi connectivity index (χ3v) is 4.39. The molecule has 0 saturated carbocycles. The lowest BCUT2D eigenvalue weighted by Gasteiger charge is -1.99. The number of amides is 1. The van der Waals surface area contributed by atoms with Crippen molar-refractivity contribution < 1.29 is 4.79 Å². The molecule has 2 heterocycles. The molecule has 0 bridgehead atoms. The highest BCUT2D eigenvalue weighted by atomic mass is 32.1. The van der Waals surface area contributed by atoms with Crippen molar-refractivity contribution in [2.24, 2.45) is 0 Å². The van der Waals surface area contributed by atoms with E-state index in [2.05, 4.69) is 10.3 Å². The molecule has 5 heteroatoms. The first-order chi connectivity index (χ1) is 8.83. The fraction of sp³-hybridized carbons (Fsp3) is 0.0769. The Hall–Kier alpha value is -1.72. The molecule has 0 radical (unpaired) electrons. The minimum absolute atomic E-state index is 0.0377. The summed E-state index contributed by atoms with van der Waals surface area (Å²) in [7, 11) is 0. The van der Waals surface area contributed by atoms with Crippen LogP contribution < -0.4 is 5.32 Å². The zero-order valence-electron chi connectivity index (χ0n) is 9.42. The highest BCUT2D eigenvalue weighted by molar-refractivity contribution is 7.18. The van der Waals surface area contributed by atoms with Gasteiger partial charge in [-0.25, -0.2) is 4.98 Å². The molecule has 1 N–H and O–H groups in total. The third-order valence-electron chi connectivity index (χ3n) is 2.48. The van der Waals surface area contributed by atoms with Gasteiger partial charge in [-0.3, -0.25) is 4.79 Å². The third kappa shape index (κ3) is 2.27. The van der Waals surface area contributed by atoms with Crippen molar-refractivity contribution >= 4 is 38.8 Å². The van der Waals surface area contributed by atoms with Crippen molar-refractivity contribution in [1.82, 2.24) is 10.3 Å². The van der Waals surface area contributed by atoms with Crippen molar-refractivity contribution in [2.45, 2.75) is 6.54 Å².